The summed E-state index contributed by atoms with van der Waals surface area (Å²) >= 11 is 0. The molecule has 1 saturated heterocycles. The van der Waals surface area contributed by atoms with Gasteiger partial charge in [0.05, 0.1) is 19.0 Å². The Morgan fingerprint density at radius 2 is 1.74 bits per heavy atom. The fourth-order valence-corrected chi connectivity index (χ4v) is 4.92. The number of aliphatic imine (C=N–C) groups is 1. The second-order valence-electron chi connectivity index (χ2n) is 7.27. The number of nitrogens with one attached hydrogen (secondary N) is 2. The molecule has 0 saturated carbocycles. The summed E-state index contributed by atoms with van der Waals surface area (Å²) in [7, 11) is -1.72. The van der Waals surface area contributed by atoms with E-state index >= 15 is 0 Å². The van der Waals surface area contributed by atoms with E-state index in [2.05, 4.69) is 15.6 Å². The average Bonchev–Trinajstić information content (AvgIpc) is 2.78. The Labute approximate surface area is 183 Å². The zero-order chi connectivity index (χ0) is 22.1. The number of ether oxygens (including phenoxy) is 1. The van der Waals surface area contributed by atoms with E-state index in [1.54, 1.807) is 19.2 Å². The van der Waals surface area contributed by atoms with Crippen molar-refractivity contribution in [3.63, 3.8) is 0 Å². The zero-order valence-corrected chi connectivity index (χ0v) is 18.5. The van der Waals surface area contributed by atoms with Gasteiger partial charge in [0.1, 0.15) is 5.82 Å². The minimum Gasteiger partial charge on any atom is -0.379 e. The van der Waals surface area contributed by atoms with Gasteiger partial charge in [-0.3, -0.25) is 4.99 Å². The number of hydrogen-bond acceptors (Lipinski definition) is 4. The Bertz CT molecular complexity index is 975. The highest BCUT2D eigenvalue weighted by Gasteiger charge is 2.25. The molecule has 0 atom stereocenters. The zero-order valence-electron chi connectivity index (χ0n) is 17.7. The number of benzene rings is 2. The maximum atomic E-state index is 13.0. The lowest BCUT2D eigenvalue weighted by atomic mass is 10.1. The molecular weight excluding hydrogens is 419 g/mol. The van der Waals surface area contributed by atoms with E-state index in [4.69, 9.17) is 4.74 Å². The van der Waals surface area contributed by atoms with E-state index in [9.17, 15) is 12.8 Å². The van der Waals surface area contributed by atoms with Crippen LogP contribution in [-0.4, -0.2) is 58.6 Å². The van der Waals surface area contributed by atoms with Crippen LogP contribution in [0.25, 0.3) is 0 Å². The van der Waals surface area contributed by atoms with Crippen LogP contribution < -0.4 is 10.6 Å². The molecule has 0 aliphatic carbocycles. The van der Waals surface area contributed by atoms with Crippen molar-refractivity contribution in [1.29, 1.82) is 0 Å². The van der Waals surface area contributed by atoms with Crippen molar-refractivity contribution in [2.75, 3.05) is 39.9 Å². The molecule has 1 fully saturated rings. The Hall–Kier alpha value is -2.49. The first-order valence-corrected chi connectivity index (χ1v) is 11.9. The highest BCUT2D eigenvalue weighted by atomic mass is 32.2. The van der Waals surface area contributed by atoms with Crippen LogP contribution in [0.1, 0.15) is 16.7 Å². The van der Waals surface area contributed by atoms with Gasteiger partial charge in [0.15, 0.2) is 5.96 Å². The normalized spacial score (nSPS) is 15.6. The first-order valence-electron chi connectivity index (χ1n) is 10.3. The van der Waals surface area contributed by atoms with E-state index in [1.807, 2.05) is 24.3 Å². The molecule has 1 heterocycles. The summed E-state index contributed by atoms with van der Waals surface area (Å²) in [5.41, 5.74) is 2.70. The maximum Gasteiger partial charge on any atom is 0.218 e. The van der Waals surface area contributed by atoms with Crippen LogP contribution >= 0.6 is 0 Å². The van der Waals surface area contributed by atoms with Gasteiger partial charge in [-0.1, -0.05) is 36.4 Å². The molecular formula is C22H29FN4O3S. The number of sulfonamides is 1. The lowest BCUT2D eigenvalue weighted by Crippen LogP contribution is -2.41. The van der Waals surface area contributed by atoms with Crippen molar-refractivity contribution < 1.29 is 17.5 Å². The van der Waals surface area contributed by atoms with E-state index in [0.717, 1.165) is 23.1 Å². The summed E-state index contributed by atoms with van der Waals surface area (Å²) in [6.45, 7) is 2.74. The lowest BCUT2D eigenvalue weighted by Gasteiger charge is -2.26. The second-order valence-corrected chi connectivity index (χ2v) is 9.23. The van der Waals surface area contributed by atoms with Gasteiger partial charge in [-0.2, -0.15) is 4.31 Å². The molecule has 1 aliphatic rings. The average molecular weight is 449 g/mol. The van der Waals surface area contributed by atoms with Crippen molar-refractivity contribution in [3.8, 4) is 0 Å². The van der Waals surface area contributed by atoms with Gasteiger partial charge in [0.2, 0.25) is 10.0 Å². The van der Waals surface area contributed by atoms with Crippen molar-refractivity contribution in [1.82, 2.24) is 14.9 Å². The summed E-state index contributed by atoms with van der Waals surface area (Å²) in [5, 5.41) is 6.46. The van der Waals surface area contributed by atoms with Gasteiger partial charge >= 0.3 is 0 Å². The van der Waals surface area contributed by atoms with Crippen LogP contribution in [0.3, 0.4) is 0 Å². The maximum absolute atomic E-state index is 13.0. The molecule has 1 aliphatic heterocycles. The summed E-state index contributed by atoms with van der Waals surface area (Å²) in [6.07, 6.45) is 0.732. The smallest absolute Gasteiger partial charge is 0.218 e. The molecule has 0 aromatic heterocycles. The van der Waals surface area contributed by atoms with Gasteiger partial charge in [0, 0.05) is 33.2 Å². The van der Waals surface area contributed by atoms with Crippen LogP contribution in [0.5, 0.6) is 0 Å². The first-order chi connectivity index (χ1) is 15.0. The summed E-state index contributed by atoms with van der Waals surface area (Å²) < 4.78 is 45.3. The highest BCUT2D eigenvalue weighted by molar-refractivity contribution is 7.88. The van der Waals surface area contributed by atoms with Crippen molar-refractivity contribution in [2.24, 2.45) is 4.99 Å². The number of guanidine groups is 1. The minimum atomic E-state index is -3.40. The molecule has 0 amide bonds. The second kappa shape index (κ2) is 11.2. The molecule has 0 radical (unpaired) electrons. The van der Waals surface area contributed by atoms with E-state index in [0.29, 0.717) is 45.4 Å². The molecule has 2 aromatic rings. The fraction of sp³-hybridized carbons (Fsp3) is 0.409. The Balaban J connectivity index is 1.55. The standard InChI is InChI=1S/C22H29FN4O3S/c1-24-22(25-11-10-18-6-8-21(23)9-7-18)26-16-19-4-2-3-5-20(19)17-31(28,29)27-12-14-30-15-13-27/h2-9H,10-17H2,1H3,(H2,24,25,26). The predicted octanol–water partition coefficient (Wildman–Crippen LogP) is 1.90. The van der Waals surface area contributed by atoms with Gasteiger partial charge in [-0.25, -0.2) is 12.8 Å². The van der Waals surface area contributed by atoms with Crippen LogP contribution in [0.15, 0.2) is 53.5 Å². The van der Waals surface area contributed by atoms with Crippen molar-refractivity contribution in [3.05, 3.63) is 71.0 Å². The molecule has 0 bridgehead atoms. The van der Waals surface area contributed by atoms with Crippen LogP contribution in [0.4, 0.5) is 4.39 Å². The van der Waals surface area contributed by atoms with Crippen molar-refractivity contribution >= 4 is 16.0 Å². The van der Waals surface area contributed by atoms with Crippen LogP contribution in [0, 0.1) is 5.82 Å². The number of nitrogens with zero attached hydrogens (tertiary/aromatic N) is 2. The quantitative estimate of drug-likeness (QED) is 0.476. The SMILES string of the molecule is CN=C(NCCc1ccc(F)cc1)NCc1ccccc1CS(=O)(=O)N1CCOCC1. The molecule has 2 N–H and O–H groups in total. The molecule has 2 aromatic carbocycles. The fourth-order valence-electron chi connectivity index (χ4n) is 3.36. The minimum absolute atomic E-state index is 0.0402. The third-order valence-electron chi connectivity index (χ3n) is 5.11. The summed E-state index contributed by atoms with van der Waals surface area (Å²) in [5.74, 6) is 0.331. The van der Waals surface area contributed by atoms with Gasteiger partial charge in [-0.15, -0.1) is 0 Å². The van der Waals surface area contributed by atoms with Gasteiger partial charge in [-0.05, 0) is 35.2 Å². The molecule has 9 heteroatoms. The third-order valence-corrected chi connectivity index (χ3v) is 6.94. The number of rotatable bonds is 8. The number of halogens is 1. The molecule has 0 unspecified atom stereocenters. The molecule has 3 rings (SSSR count). The van der Waals surface area contributed by atoms with E-state index in [-0.39, 0.29) is 11.6 Å². The summed E-state index contributed by atoms with van der Waals surface area (Å²) in [4.78, 5) is 4.22. The number of hydrogen-bond donors (Lipinski definition) is 2. The predicted molar refractivity (Wildman–Crippen MR) is 120 cm³/mol. The molecule has 168 valence electrons. The van der Waals surface area contributed by atoms with Gasteiger partial charge < -0.3 is 15.4 Å². The van der Waals surface area contributed by atoms with Crippen LogP contribution in [-0.2, 0) is 33.5 Å². The largest absolute Gasteiger partial charge is 0.379 e. The molecule has 31 heavy (non-hydrogen) atoms. The summed E-state index contributed by atoms with van der Waals surface area (Å²) in [6, 6.07) is 13.9. The van der Waals surface area contributed by atoms with Crippen molar-refractivity contribution in [2.45, 2.75) is 18.7 Å². The molecule has 7 nitrogen and oxygen atoms in total. The monoisotopic (exact) mass is 448 g/mol. The number of morpholine rings is 1. The topological polar surface area (TPSA) is 83.0 Å². The van der Waals surface area contributed by atoms with Gasteiger partial charge in [0.25, 0.3) is 0 Å². The van der Waals surface area contributed by atoms with Crippen LogP contribution in [0.2, 0.25) is 0 Å². The Morgan fingerprint density at radius 3 is 2.42 bits per heavy atom. The van der Waals surface area contributed by atoms with E-state index in [1.165, 1.54) is 16.4 Å². The Morgan fingerprint density at radius 1 is 1.06 bits per heavy atom. The lowest BCUT2D eigenvalue weighted by molar-refractivity contribution is 0.0729. The molecule has 0 spiro atoms. The Kier molecular flexibility index (Phi) is 8.39. The van der Waals surface area contributed by atoms with E-state index < -0.39 is 10.0 Å². The highest BCUT2D eigenvalue weighted by Crippen LogP contribution is 2.16. The first kappa shape index (κ1) is 23.2. The third kappa shape index (κ3) is 7.02.